The van der Waals surface area contributed by atoms with E-state index in [2.05, 4.69) is 10.3 Å². The number of nitrogens with zero attached hydrogens (tertiary/aromatic N) is 2. The van der Waals surface area contributed by atoms with E-state index < -0.39 is 21.5 Å². The number of hydrogen-bond donors (Lipinski definition) is 1. The second kappa shape index (κ2) is 8.85. The van der Waals surface area contributed by atoms with Crippen LogP contribution in [0.5, 0.6) is 11.5 Å². The van der Waals surface area contributed by atoms with Crippen molar-refractivity contribution in [3.8, 4) is 28.4 Å². The van der Waals surface area contributed by atoms with Crippen LogP contribution in [0, 0.1) is 0 Å². The zero-order valence-electron chi connectivity index (χ0n) is 17.6. The SMILES string of the molecule is O=C(CS(=O)(=O)c1nc(-c2ccc3c(c2)OCO3)cn1-c1ccccc1)Nc1ccc(Cl)cc1. The summed E-state index contributed by atoms with van der Waals surface area (Å²) in [6, 6.07) is 20.6. The van der Waals surface area contributed by atoms with Gasteiger partial charge in [-0.1, -0.05) is 29.8 Å². The molecular weight excluding hydrogens is 478 g/mol. The highest BCUT2D eigenvalue weighted by atomic mass is 35.5. The first kappa shape index (κ1) is 22.0. The normalized spacial score (nSPS) is 12.5. The van der Waals surface area contributed by atoms with Crippen LogP contribution in [0.15, 0.2) is 84.1 Å². The van der Waals surface area contributed by atoms with Gasteiger partial charge in [-0.25, -0.2) is 13.4 Å². The second-order valence-electron chi connectivity index (χ2n) is 7.50. The number of anilines is 1. The topological polar surface area (TPSA) is 99.5 Å². The van der Waals surface area contributed by atoms with E-state index in [9.17, 15) is 13.2 Å². The summed E-state index contributed by atoms with van der Waals surface area (Å²) in [6.45, 7) is 0.125. The van der Waals surface area contributed by atoms with E-state index in [0.717, 1.165) is 0 Å². The van der Waals surface area contributed by atoms with Gasteiger partial charge >= 0.3 is 0 Å². The molecule has 0 saturated carbocycles. The van der Waals surface area contributed by atoms with Crippen molar-refractivity contribution in [3.05, 3.63) is 84.0 Å². The van der Waals surface area contributed by atoms with Crippen LogP contribution in [0.1, 0.15) is 0 Å². The van der Waals surface area contributed by atoms with Crippen LogP contribution in [0.25, 0.3) is 16.9 Å². The minimum atomic E-state index is -4.11. The van der Waals surface area contributed by atoms with Gasteiger partial charge in [0.2, 0.25) is 27.7 Å². The van der Waals surface area contributed by atoms with Crippen LogP contribution in [0.4, 0.5) is 5.69 Å². The van der Waals surface area contributed by atoms with Crippen molar-refractivity contribution in [2.75, 3.05) is 17.9 Å². The van der Waals surface area contributed by atoms with Gasteiger partial charge in [0.05, 0.1) is 5.69 Å². The van der Waals surface area contributed by atoms with E-state index in [4.69, 9.17) is 21.1 Å². The largest absolute Gasteiger partial charge is 0.454 e. The molecule has 1 aliphatic rings. The third kappa shape index (κ3) is 4.48. The molecule has 1 amide bonds. The van der Waals surface area contributed by atoms with Crippen molar-refractivity contribution >= 4 is 33.0 Å². The van der Waals surface area contributed by atoms with Gasteiger partial charge in [-0.05, 0) is 54.6 Å². The summed E-state index contributed by atoms with van der Waals surface area (Å²) >= 11 is 5.86. The number of imidazole rings is 1. The molecule has 172 valence electrons. The van der Waals surface area contributed by atoms with E-state index >= 15 is 0 Å². The Kier molecular flexibility index (Phi) is 5.72. The number of benzene rings is 3. The molecule has 8 nitrogen and oxygen atoms in total. The Morgan fingerprint density at radius 2 is 1.74 bits per heavy atom. The number of rotatable bonds is 6. The fraction of sp³-hybridized carbons (Fsp3) is 0.0833. The fourth-order valence-corrected chi connectivity index (χ4v) is 4.89. The first-order chi connectivity index (χ1) is 16.4. The Balaban J connectivity index is 1.50. The molecule has 0 atom stereocenters. The van der Waals surface area contributed by atoms with Crippen LogP contribution in [-0.2, 0) is 14.6 Å². The molecule has 1 aromatic heterocycles. The Hall–Kier alpha value is -3.82. The number of sulfone groups is 1. The number of amides is 1. The molecule has 0 saturated heterocycles. The summed E-state index contributed by atoms with van der Waals surface area (Å²) in [4.78, 5) is 17.0. The Bertz CT molecular complexity index is 1470. The van der Waals surface area contributed by atoms with E-state index in [1.165, 1.54) is 4.57 Å². The molecule has 10 heteroatoms. The number of nitrogens with one attached hydrogen (secondary N) is 1. The molecule has 5 rings (SSSR count). The van der Waals surface area contributed by atoms with Crippen LogP contribution in [0.2, 0.25) is 5.02 Å². The highest BCUT2D eigenvalue weighted by Gasteiger charge is 2.27. The van der Waals surface area contributed by atoms with Crippen LogP contribution >= 0.6 is 11.6 Å². The average molecular weight is 496 g/mol. The predicted octanol–water partition coefficient (Wildman–Crippen LogP) is 4.33. The van der Waals surface area contributed by atoms with E-state index in [-0.39, 0.29) is 11.9 Å². The van der Waals surface area contributed by atoms with Crippen molar-refractivity contribution in [2.24, 2.45) is 0 Å². The zero-order valence-corrected chi connectivity index (χ0v) is 19.2. The van der Waals surface area contributed by atoms with Gasteiger partial charge in [-0.3, -0.25) is 9.36 Å². The first-order valence-electron chi connectivity index (χ1n) is 10.2. The van der Waals surface area contributed by atoms with E-state index in [0.29, 0.717) is 39.2 Å². The van der Waals surface area contributed by atoms with Crippen molar-refractivity contribution in [1.29, 1.82) is 0 Å². The summed E-state index contributed by atoms with van der Waals surface area (Å²) in [5.74, 6) is -0.300. The quantitative estimate of drug-likeness (QED) is 0.427. The molecule has 1 aliphatic heterocycles. The molecule has 2 heterocycles. The van der Waals surface area contributed by atoms with Crippen molar-refractivity contribution in [3.63, 3.8) is 0 Å². The van der Waals surface area contributed by atoms with Crippen molar-refractivity contribution < 1.29 is 22.7 Å². The maximum atomic E-state index is 13.3. The van der Waals surface area contributed by atoms with Gasteiger partial charge in [0.15, 0.2) is 11.5 Å². The standard InChI is InChI=1S/C24H18ClN3O5S/c25-17-7-9-18(10-8-17)26-23(29)14-34(30,31)24-27-20(13-28(24)19-4-2-1-3-5-19)16-6-11-21-22(12-16)33-15-32-21/h1-13H,14-15H2,(H,26,29). The Morgan fingerprint density at radius 1 is 1.00 bits per heavy atom. The van der Waals surface area contributed by atoms with Crippen molar-refractivity contribution in [2.45, 2.75) is 5.16 Å². The molecule has 0 bridgehead atoms. The Labute approximate surface area is 200 Å². The number of carbonyl (C=O) groups is 1. The number of hydrogen-bond acceptors (Lipinski definition) is 6. The van der Waals surface area contributed by atoms with Gasteiger partial charge in [0.25, 0.3) is 0 Å². The monoisotopic (exact) mass is 495 g/mol. The van der Waals surface area contributed by atoms with Crippen LogP contribution in [-0.4, -0.2) is 36.4 Å². The number of ether oxygens (including phenoxy) is 2. The van der Waals surface area contributed by atoms with Gasteiger partial charge in [-0.15, -0.1) is 0 Å². The highest BCUT2D eigenvalue weighted by molar-refractivity contribution is 7.92. The number of fused-ring (bicyclic) bond motifs is 1. The van der Waals surface area contributed by atoms with E-state index in [1.807, 2.05) is 6.07 Å². The van der Waals surface area contributed by atoms with Crippen molar-refractivity contribution in [1.82, 2.24) is 9.55 Å². The summed E-state index contributed by atoms with van der Waals surface area (Å²) in [5, 5.41) is 2.84. The summed E-state index contributed by atoms with van der Waals surface area (Å²) < 4.78 is 38.8. The van der Waals surface area contributed by atoms with Gasteiger partial charge in [0, 0.05) is 28.2 Å². The zero-order chi connectivity index (χ0) is 23.7. The molecule has 0 fully saturated rings. The predicted molar refractivity (Wildman–Crippen MR) is 127 cm³/mol. The summed E-state index contributed by atoms with van der Waals surface area (Å²) in [5.41, 5.74) is 2.11. The maximum Gasteiger partial charge on any atom is 0.240 e. The molecule has 3 aromatic carbocycles. The third-order valence-electron chi connectivity index (χ3n) is 5.10. The molecule has 34 heavy (non-hydrogen) atoms. The van der Waals surface area contributed by atoms with Crippen LogP contribution < -0.4 is 14.8 Å². The number of para-hydroxylation sites is 1. The summed E-state index contributed by atoms with van der Waals surface area (Å²) in [7, 11) is -4.11. The van der Waals surface area contributed by atoms with Gasteiger partial charge in [-0.2, -0.15) is 0 Å². The molecule has 0 radical (unpaired) electrons. The lowest BCUT2D eigenvalue weighted by atomic mass is 10.1. The van der Waals surface area contributed by atoms with Crippen LogP contribution in [0.3, 0.4) is 0 Å². The smallest absolute Gasteiger partial charge is 0.240 e. The number of aromatic nitrogens is 2. The van der Waals surface area contributed by atoms with Gasteiger partial charge in [0.1, 0.15) is 5.75 Å². The molecule has 0 spiro atoms. The minimum Gasteiger partial charge on any atom is -0.454 e. The Morgan fingerprint density at radius 3 is 2.50 bits per heavy atom. The molecule has 1 N–H and O–H groups in total. The minimum absolute atomic E-state index is 0.125. The first-order valence-corrected chi connectivity index (χ1v) is 12.3. The van der Waals surface area contributed by atoms with E-state index in [1.54, 1.807) is 72.9 Å². The van der Waals surface area contributed by atoms with Gasteiger partial charge < -0.3 is 14.8 Å². The fourth-order valence-electron chi connectivity index (χ4n) is 3.52. The second-order valence-corrected chi connectivity index (χ2v) is 9.82. The third-order valence-corrected chi connectivity index (χ3v) is 6.84. The lowest BCUT2D eigenvalue weighted by Gasteiger charge is -2.09. The number of carbonyl (C=O) groups excluding carboxylic acids is 1. The average Bonchev–Trinajstić information content (AvgIpc) is 3.48. The molecule has 0 unspecified atom stereocenters. The lowest BCUT2D eigenvalue weighted by Crippen LogP contribution is -2.25. The summed E-state index contributed by atoms with van der Waals surface area (Å²) in [6.07, 6.45) is 1.62. The lowest BCUT2D eigenvalue weighted by molar-refractivity contribution is -0.113. The molecular formula is C24H18ClN3O5S. The highest BCUT2D eigenvalue weighted by Crippen LogP contribution is 2.36. The number of halogens is 1. The maximum absolute atomic E-state index is 13.3. The molecule has 0 aliphatic carbocycles. The molecule has 4 aromatic rings.